The highest BCUT2D eigenvalue weighted by molar-refractivity contribution is 6.35. The summed E-state index contributed by atoms with van der Waals surface area (Å²) in [6.45, 7) is 4.01. The standard InChI is InChI=1S/C23H21Cl2N3O4/c1-23(2)9-15-21(18(29)10-23)22(13-4-3-12(24)7-14(13)25)28(19(30)8-20(31)32)17-5-6-26-11-16(17)27-15/h3-7,11,22,27H,8-10H2,1-2H3,(H,31,32). The Labute approximate surface area is 195 Å². The van der Waals surface area contributed by atoms with Crippen LogP contribution in [0, 0.1) is 5.41 Å². The molecular formula is C23H21Cl2N3O4. The lowest BCUT2D eigenvalue weighted by Gasteiger charge is -2.37. The van der Waals surface area contributed by atoms with E-state index in [0.717, 1.165) is 0 Å². The lowest BCUT2D eigenvalue weighted by Crippen LogP contribution is -2.40. The van der Waals surface area contributed by atoms with E-state index in [1.165, 1.54) is 11.1 Å². The summed E-state index contributed by atoms with van der Waals surface area (Å²) in [5, 5.41) is 13.3. The van der Waals surface area contributed by atoms with Crippen molar-refractivity contribution in [3.05, 3.63) is 63.5 Å². The van der Waals surface area contributed by atoms with Gasteiger partial charge < -0.3 is 10.4 Å². The molecule has 1 unspecified atom stereocenters. The van der Waals surface area contributed by atoms with Gasteiger partial charge in [-0.3, -0.25) is 24.3 Å². The molecule has 7 nitrogen and oxygen atoms in total. The molecule has 1 amide bonds. The van der Waals surface area contributed by atoms with Gasteiger partial charge in [-0.05, 0) is 35.6 Å². The van der Waals surface area contributed by atoms with E-state index in [-0.39, 0.29) is 22.6 Å². The lowest BCUT2D eigenvalue weighted by molar-refractivity contribution is -0.140. The smallest absolute Gasteiger partial charge is 0.312 e. The van der Waals surface area contributed by atoms with Crippen molar-refractivity contribution >= 4 is 52.2 Å². The summed E-state index contributed by atoms with van der Waals surface area (Å²) >= 11 is 12.6. The maximum absolute atomic E-state index is 13.5. The first-order valence-corrected chi connectivity index (χ1v) is 10.8. The van der Waals surface area contributed by atoms with E-state index in [0.29, 0.717) is 39.7 Å². The van der Waals surface area contributed by atoms with Crippen LogP contribution in [0.5, 0.6) is 0 Å². The van der Waals surface area contributed by atoms with Gasteiger partial charge in [-0.25, -0.2) is 0 Å². The summed E-state index contributed by atoms with van der Waals surface area (Å²) in [6.07, 6.45) is 3.17. The minimum absolute atomic E-state index is 0.131. The van der Waals surface area contributed by atoms with E-state index in [9.17, 15) is 19.5 Å². The van der Waals surface area contributed by atoms with E-state index in [2.05, 4.69) is 10.3 Å². The third-order valence-electron chi connectivity index (χ3n) is 5.62. The molecule has 0 saturated carbocycles. The predicted molar refractivity (Wildman–Crippen MR) is 122 cm³/mol. The summed E-state index contributed by atoms with van der Waals surface area (Å²) in [7, 11) is 0. The Bertz CT molecular complexity index is 1180. The number of Topliss-reactive ketones (excluding diaryl/α,β-unsaturated/α-hetero) is 1. The Hall–Kier alpha value is -2.90. The van der Waals surface area contributed by atoms with Crippen LogP contribution in [0.15, 0.2) is 47.9 Å². The van der Waals surface area contributed by atoms with Gasteiger partial charge in [-0.2, -0.15) is 0 Å². The van der Waals surface area contributed by atoms with Crippen molar-refractivity contribution in [1.82, 2.24) is 4.98 Å². The van der Waals surface area contributed by atoms with Gasteiger partial charge >= 0.3 is 5.97 Å². The average Bonchev–Trinajstić information content (AvgIpc) is 2.80. The molecule has 2 aliphatic rings. The summed E-state index contributed by atoms with van der Waals surface area (Å²) < 4.78 is 0. The Morgan fingerprint density at radius 2 is 2.00 bits per heavy atom. The van der Waals surface area contributed by atoms with Crippen molar-refractivity contribution in [2.24, 2.45) is 5.41 Å². The number of ketones is 1. The number of nitrogens with one attached hydrogen (secondary N) is 1. The van der Waals surface area contributed by atoms with Gasteiger partial charge in [0.25, 0.3) is 0 Å². The molecule has 1 aromatic carbocycles. The summed E-state index contributed by atoms with van der Waals surface area (Å²) in [5.41, 5.74) is 2.19. The van der Waals surface area contributed by atoms with E-state index in [1.807, 2.05) is 13.8 Å². The molecule has 0 fully saturated rings. The third kappa shape index (κ3) is 4.10. The van der Waals surface area contributed by atoms with Crippen molar-refractivity contribution in [3.63, 3.8) is 0 Å². The number of aliphatic carboxylic acids is 1. The molecule has 1 aliphatic carbocycles. The number of anilines is 2. The first kappa shape index (κ1) is 22.3. The minimum atomic E-state index is -1.27. The molecule has 2 N–H and O–H groups in total. The quantitative estimate of drug-likeness (QED) is 0.607. The topological polar surface area (TPSA) is 99.6 Å². The number of carboxylic acids is 1. The van der Waals surface area contributed by atoms with E-state index >= 15 is 0 Å². The molecule has 32 heavy (non-hydrogen) atoms. The number of nitrogens with zero attached hydrogens (tertiary/aromatic N) is 2. The molecule has 9 heteroatoms. The second-order valence-electron chi connectivity index (χ2n) is 8.75. The second-order valence-corrected chi connectivity index (χ2v) is 9.60. The largest absolute Gasteiger partial charge is 0.481 e. The fourth-order valence-corrected chi connectivity index (χ4v) is 4.91. The Morgan fingerprint density at radius 3 is 2.69 bits per heavy atom. The van der Waals surface area contributed by atoms with Crippen LogP contribution >= 0.6 is 23.2 Å². The molecule has 0 radical (unpaired) electrons. The lowest BCUT2D eigenvalue weighted by atomic mass is 9.73. The number of hydrogen-bond donors (Lipinski definition) is 2. The van der Waals surface area contributed by atoms with Crippen LogP contribution in [0.2, 0.25) is 10.0 Å². The van der Waals surface area contributed by atoms with Gasteiger partial charge in [-0.1, -0.05) is 43.1 Å². The van der Waals surface area contributed by atoms with Crippen molar-refractivity contribution in [2.75, 3.05) is 10.2 Å². The van der Waals surface area contributed by atoms with Crippen molar-refractivity contribution in [1.29, 1.82) is 0 Å². The fourth-order valence-electron chi connectivity index (χ4n) is 4.40. The Morgan fingerprint density at radius 1 is 1.25 bits per heavy atom. The normalized spacial score (nSPS) is 19.6. The zero-order chi connectivity index (χ0) is 23.2. The number of carbonyl (C=O) groups excluding carboxylic acids is 2. The fraction of sp³-hybridized carbons (Fsp3) is 0.304. The van der Waals surface area contributed by atoms with Crippen LogP contribution in [0.1, 0.15) is 44.7 Å². The predicted octanol–water partition coefficient (Wildman–Crippen LogP) is 5.01. The Balaban J connectivity index is 2.03. The van der Waals surface area contributed by atoms with Crippen LogP contribution in [0.3, 0.4) is 0 Å². The minimum Gasteiger partial charge on any atom is -0.481 e. The van der Waals surface area contributed by atoms with Crippen LogP contribution in [-0.2, 0) is 14.4 Å². The Kier molecular flexibility index (Phi) is 5.73. The first-order chi connectivity index (χ1) is 15.1. The molecule has 0 spiro atoms. The van der Waals surface area contributed by atoms with Crippen LogP contribution in [0.4, 0.5) is 11.4 Å². The number of rotatable bonds is 3. The van der Waals surface area contributed by atoms with Crippen molar-refractivity contribution in [2.45, 2.75) is 39.2 Å². The van der Waals surface area contributed by atoms with Gasteiger partial charge in [0.05, 0.1) is 23.6 Å². The maximum atomic E-state index is 13.5. The number of fused-ring (bicyclic) bond motifs is 1. The highest BCUT2D eigenvalue weighted by atomic mass is 35.5. The molecular weight excluding hydrogens is 453 g/mol. The van der Waals surface area contributed by atoms with Crippen LogP contribution in [0.25, 0.3) is 0 Å². The summed E-state index contributed by atoms with van der Waals surface area (Å²) in [5.74, 6) is -2.07. The number of allylic oxidation sites excluding steroid dienone is 1. The van der Waals surface area contributed by atoms with Gasteiger partial charge in [0.2, 0.25) is 5.91 Å². The number of aromatic nitrogens is 1. The van der Waals surface area contributed by atoms with Crippen LogP contribution in [-0.4, -0.2) is 27.8 Å². The number of carboxylic acid groups (broad SMARTS) is 1. The highest BCUT2D eigenvalue weighted by Crippen LogP contribution is 2.49. The zero-order valence-corrected chi connectivity index (χ0v) is 19.0. The van der Waals surface area contributed by atoms with E-state index in [4.69, 9.17) is 23.2 Å². The first-order valence-electron chi connectivity index (χ1n) is 10.0. The molecule has 1 aromatic heterocycles. The summed E-state index contributed by atoms with van der Waals surface area (Å²) in [4.78, 5) is 43.7. The third-order valence-corrected chi connectivity index (χ3v) is 6.19. The van der Waals surface area contributed by atoms with Gasteiger partial charge in [0.15, 0.2) is 5.78 Å². The van der Waals surface area contributed by atoms with Crippen LogP contribution < -0.4 is 10.2 Å². The van der Waals surface area contributed by atoms with Gasteiger partial charge in [0, 0.05) is 33.9 Å². The van der Waals surface area contributed by atoms with Gasteiger partial charge in [-0.15, -0.1) is 0 Å². The van der Waals surface area contributed by atoms with Crippen molar-refractivity contribution < 1.29 is 19.5 Å². The van der Waals surface area contributed by atoms with Gasteiger partial charge in [0.1, 0.15) is 6.42 Å². The number of amides is 1. The number of halogens is 2. The molecule has 0 saturated heterocycles. The van der Waals surface area contributed by atoms with Crippen molar-refractivity contribution in [3.8, 4) is 0 Å². The summed E-state index contributed by atoms with van der Waals surface area (Å²) in [6, 6.07) is 5.54. The number of pyridine rings is 1. The van der Waals surface area contributed by atoms with E-state index in [1.54, 1.807) is 30.5 Å². The monoisotopic (exact) mass is 473 g/mol. The number of carbonyl (C=O) groups is 3. The highest BCUT2D eigenvalue weighted by Gasteiger charge is 2.44. The SMILES string of the molecule is CC1(C)CC(=O)C2=C(C1)Nc1cnccc1N(C(=O)CC(=O)O)C2c1ccc(Cl)cc1Cl. The molecule has 166 valence electrons. The molecule has 2 heterocycles. The molecule has 1 aliphatic heterocycles. The van der Waals surface area contributed by atoms with E-state index < -0.39 is 24.3 Å². The zero-order valence-electron chi connectivity index (χ0n) is 17.5. The molecule has 2 aromatic rings. The maximum Gasteiger partial charge on any atom is 0.312 e. The number of benzene rings is 1. The molecule has 4 rings (SSSR count). The number of hydrogen-bond acceptors (Lipinski definition) is 5. The average molecular weight is 474 g/mol. The molecule has 1 atom stereocenters. The molecule has 0 bridgehead atoms. The second kappa shape index (κ2) is 8.22.